The molecule has 0 radical (unpaired) electrons. The summed E-state index contributed by atoms with van der Waals surface area (Å²) in [5, 5.41) is 6.48. The molecule has 0 aliphatic carbocycles. The van der Waals surface area contributed by atoms with Gasteiger partial charge in [-0.05, 0) is 75.2 Å². The molecule has 4 aliphatic rings. The molecule has 198 valence electrons. The van der Waals surface area contributed by atoms with Crippen LogP contribution >= 0.6 is 11.6 Å². The summed E-state index contributed by atoms with van der Waals surface area (Å²) in [5.74, 6) is -0.935. The number of carbonyl (C=O) groups excluding carboxylic acids is 3. The number of benzene rings is 3. The van der Waals surface area contributed by atoms with Crippen LogP contribution in [0.4, 0.5) is 11.4 Å². The van der Waals surface area contributed by atoms with Gasteiger partial charge in [-0.25, -0.2) is 0 Å². The van der Waals surface area contributed by atoms with Crippen LogP contribution in [0.2, 0.25) is 5.02 Å². The molecular weight excluding hydrogens is 514 g/mol. The van der Waals surface area contributed by atoms with Crippen molar-refractivity contribution in [1.82, 2.24) is 4.90 Å². The summed E-state index contributed by atoms with van der Waals surface area (Å²) in [7, 11) is 0. The Bertz CT molecular complexity index is 1550. The summed E-state index contributed by atoms with van der Waals surface area (Å²) in [6.07, 6.45) is 1.52. The maximum Gasteiger partial charge on any atom is 0.251 e. The van der Waals surface area contributed by atoms with E-state index in [0.29, 0.717) is 51.8 Å². The number of rotatable bonds is 4. The molecule has 7 rings (SSSR count). The van der Waals surface area contributed by atoms with Gasteiger partial charge in [0.05, 0.1) is 22.7 Å². The smallest absolute Gasteiger partial charge is 0.251 e. The first-order chi connectivity index (χ1) is 18.8. The van der Waals surface area contributed by atoms with Gasteiger partial charge in [-0.1, -0.05) is 41.9 Å². The van der Waals surface area contributed by atoms with Crippen molar-refractivity contribution in [3.05, 3.63) is 88.4 Å². The second-order valence-electron chi connectivity index (χ2n) is 11.1. The maximum absolute atomic E-state index is 14.7. The highest BCUT2D eigenvalue weighted by Gasteiger charge is 2.81. The van der Waals surface area contributed by atoms with E-state index in [4.69, 9.17) is 16.3 Å². The molecule has 2 amide bonds. The first-order valence-electron chi connectivity index (χ1n) is 13.4. The predicted molar refractivity (Wildman–Crippen MR) is 148 cm³/mol. The van der Waals surface area contributed by atoms with Crippen LogP contribution in [0.1, 0.15) is 48.2 Å². The number of carbonyl (C=O) groups is 3. The number of hydrogen-bond donors (Lipinski definition) is 2. The summed E-state index contributed by atoms with van der Waals surface area (Å²) >= 11 is 6.60. The highest BCUT2D eigenvalue weighted by molar-refractivity contribution is 6.35. The average molecular weight is 542 g/mol. The summed E-state index contributed by atoms with van der Waals surface area (Å²) < 4.78 is 5.79. The van der Waals surface area contributed by atoms with E-state index >= 15 is 0 Å². The molecule has 2 saturated heterocycles. The molecule has 4 heterocycles. The van der Waals surface area contributed by atoms with Crippen LogP contribution in [0.25, 0.3) is 0 Å². The van der Waals surface area contributed by atoms with E-state index in [1.54, 1.807) is 30.3 Å². The molecule has 4 atom stereocenters. The van der Waals surface area contributed by atoms with Gasteiger partial charge >= 0.3 is 0 Å². The van der Waals surface area contributed by atoms with E-state index < -0.39 is 16.9 Å². The Morgan fingerprint density at radius 3 is 2.49 bits per heavy atom. The molecule has 0 saturated carbocycles. The van der Waals surface area contributed by atoms with Crippen molar-refractivity contribution in [2.24, 2.45) is 5.92 Å². The fourth-order valence-electron chi connectivity index (χ4n) is 7.72. The minimum Gasteiger partial charge on any atom is -0.491 e. The zero-order valence-corrected chi connectivity index (χ0v) is 22.4. The number of amides is 2. The molecular formula is C31H28ClN3O4. The Morgan fingerprint density at radius 2 is 1.72 bits per heavy atom. The van der Waals surface area contributed by atoms with Crippen molar-refractivity contribution < 1.29 is 19.1 Å². The van der Waals surface area contributed by atoms with Crippen LogP contribution in [-0.4, -0.2) is 41.2 Å². The Balaban J connectivity index is 1.50. The molecule has 4 aliphatic heterocycles. The Labute approximate surface area is 231 Å². The van der Waals surface area contributed by atoms with Gasteiger partial charge in [0, 0.05) is 22.9 Å². The molecule has 3 aromatic rings. The number of fused-ring (bicyclic) bond motifs is 7. The van der Waals surface area contributed by atoms with Gasteiger partial charge in [-0.15, -0.1) is 0 Å². The zero-order valence-electron chi connectivity index (χ0n) is 21.7. The third-order valence-electron chi connectivity index (χ3n) is 8.87. The molecule has 3 aromatic carbocycles. The lowest BCUT2D eigenvalue weighted by atomic mass is 9.57. The molecule has 8 heteroatoms. The summed E-state index contributed by atoms with van der Waals surface area (Å²) in [6, 6.07) is 19.6. The Morgan fingerprint density at radius 1 is 0.974 bits per heavy atom. The van der Waals surface area contributed by atoms with E-state index in [2.05, 4.69) is 15.5 Å². The van der Waals surface area contributed by atoms with E-state index in [1.165, 1.54) is 0 Å². The van der Waals surface area contributed by atoms with E-state index in [0.717, 1.165) is 6.42 Å². The molecule has 0 aromatic heterocycles. The second kappa shape index (κ2) is 8.41. The number of ether oxygens (including phenoxy) is 1. The van der Waals surface area contributed by atoms with Gasteiger partial charge in [0.15, 0.2) is 5.78 Å². The van der Waals surface area contributed by atoms with Crippen molar-refractivity contribution in [2.45, 2.75) is 49.8 Å². The number of ketones is 1. The van der Waals surface area contributed by atoms with Crippen LogP contribution in [0.5, 0.6) is 5.75 Å². The van der Waals surface area contributed by atoms with Crippen molar-refractivity contribution in [3.8, 4) is 5.75 Å². The van der Waals surface area contributed by atoms with E-state index in [1.807, 2.05) is 50.2 Å². The molecule has 2 fully saturated rings. The highest BCUT2D eigenvalue weighted by atomic mass is 35.5. The normalized spacial score (nSPS) is 28.5. The number of para-hydroxylation sites is 2. The zero-order chi connectivity index (χ0) is 27.1. The van der Waals surface area contributed by atoms with E-state index in [-0.39, 0.29) is 29.7 Å². The number of hydrogen-bond acceptors (Lipinski definition) is 5. The molecule has 7 nitrogen and oxygen atoms in total. The third-order valence-corrected chi connectivity index (χ3v) is 9.19. The monoisotopic (exact) mass is 541 g/mol. The lowest BCUT2D eigenvalue weighted by molar-refractivity contribution is -0.137. The molecule has 2 spiro atoms. The number of anilines is 2. The number of nitrogens with zero attached hydrogens (tertiary/aromatic N) is 1. The fourth-order valence-corrected chi connectivity index (χ4v) is 7.94. The van der Waals surface area contributed by atoms with Gasteiger partial charge in [0.25, 0.3) is 5.91 Å². The molecule has 0 unspecified atom stereocenters. The third kappa shape index (κ3) is 2.95. The lowest BCUT2D eigenvalue weighted by Crippen LogP contribution is -2.62. The Kier molecular flexibility index (Phi) is 5.25. The SMILES string of the molecule is CC(C)Oc1ccc(C(=O)[C@H]2[C@H]3CCCN3[C@]3(C(=O)Nc4c(Cl)cccc43)[C@]23C(=O)Nc2ccccc23)cc1. The summed E-state index contributed by atoms with van der Waals surface area (Å²) in [6.45, 7) is 4.48. The largest absolute Gasteiger partial charge is 0.491 e. The standard InChI is InChI=1S/C31H28ClN3O4/c1-17(2)39-19-14-12-18(13-15-19)27(36)25-24-11-6-16-35(24)31(21-8-5-9-22(32)26(21)34-29(31)38)30(25)20-7-3-4-10-23(20)33-28(30)37/h3-5,7-10,12-15,17,24-25H,6,11,16H2,1-2H3,(H,33,37)(H,34,38)/t24-,25-,30+,31-/m1/s1. The minimum absolute atomic E-state index is 0.00279. The van der Waals surface area contributed by atoms with Crippen LogP contribution in [0.3, 0.4) is 0 Å². The number of Topliss-reactive ketones (excluding diaryl/α,β-unsaturated/α-hetero) is 1. The van der Waals surface area contributed by atoms with Crippen molar-refractivity contribution in [2.75, 3.05) is 17.2 Å². The van der Waals surface area contributed by atoms with Crippen LogP contribution < -0.4 is 15.4 Å². The second-order valence-corrected chi connectivity index (χ2v) is 11.5. The Hall–Kier alpha value is -3.68. The predicted octanol–water partition coefficient (Wildman–Crippen LogP) is 5.14. The summed E-state index contributed by atoms with van der Waals surface area (Å²) in [5.41, 5.74) is 0.0336. The maximum atomic E-state index is 14.7. The number of nitrogens with one attached hydrogen (secondary N) is 2. The first kappa shape index (κ1) is 24.4. The minimum atomic E-state index is -1.49. The van der Waals surface area contributed by atoms with Crippen LogP contribution in [0, 0.1) is 5.92 Å². The molecule has 39 heavy (non-hydrogen) atoms. The first-order valence-corrected chi connectivity index (χ1v) is 13.8. The highest BCUT2D eigenvalue weighted by Crippen LogP contribution is 2.68. The van der Waals surface area contributed by atoms with Crippen LogP contribution in [0.15, 0.2) is 66.7 Å². The van der Waals surface area contributed by atoms with Gasteiger partial charge in [-0.3, -0.25) is 19.3 Å². The van der Waals surface area contributed by atoms with Crippen LogP contribution in [-0.2, 0) is 20.5 Å². The van der Waals surface area contributed by atoms with Gasteiger partial charge in [0.2, 0.25) is 5.91 Å². The quantitative estimate of drug-likeness (QED) is 0.446. The summed E-state index contributed by atoms with van der Waals surface area (Å²) in [4.78, 5) is 45.7. The molecule has 0 bridgehead atoms. The lowest BCUT2D eigenvalue weighted by Gasteiger charge is -2.43. The fraction of sp³-hybridized carbons (Fsp3) is 0.323. The number of halogens is 1. The van der Waals surface area contributed by atoms with Gasteiger partial charge in [-0.2, -0.15) is 0 Å². The molecule has 2 N–H and O–H groups in total. The van der Waals surface area contributed by atoms with E-state index in [9.17, 15) is 14.4 Å². The topological polar surface area (TPSA) is 87.7 Å². The van der Waals surface area contributed by atoms with Gasteiger partial charge < -0.3 is 15.4 Å². The van der Waals surface area contributed by atoms with Crippen molar-refractivity contribution in [1.29, 1.82) is 0 Å². The van der Waals surface area contributed by atoms with Crippen molar-refractivity contribution >= 4 is 40.6 Å². The van der Waals surface area contributed by atoms with Gasteiger partial charge in [0.1, 0.15) is 16.7 Å². The average Bonchev–Trinajstić information content (AvgIpc) is 3.63. The van der Waals surface area contributed by atoms with Crippen molar-refractivity contribution in [3.63, 3.8) is 0 Å².